The maximum Gasteiger partial charge on any atom is 0.260 e. The number of halogens is 1. The minimum atomic E-state index is -0.138. The van der Waals surface area contributed by atoms with Crippen molar-refractivity contribution in [3.63, 3.8) is 0 Å². The SMILES string of the molecule is O=C(COc1ccccc1)N(CC1CCN(Cc2ccccc2F)CC1)C[C@H]1CCCO1. The van der Waals surface area contributed by atoms with Crippen LogP contribution in [0.3, 0.4) is 0 Å². The van der Waals surface area contributed by atoms with Crippen molar-refractivity contribution in [1.29, 1.82) is 0 Å². The molecular weight excluding hydrogens is 407 g/mol. The number of carbonyl (C=O) groups excluding carboxylic acids is 1. The second-order valence-corrected chi connectivity index (χ2v) is 8.85. The zero-order chi connectivity index (χ0) is 22.2. The summed E-state index contributed by atoms with van der Waals surface area (Å²) in [6.07, 6.45) is 4.19. The largest absolute Gasteiger partial charge is 0.484 e. The third-order valence-electron chi connectivity index (χ3n) is 6.44. The van der Waals surface area contributed by atoms with Crippen LogP contribution in [0.5, 0.6) is 5.75 Å². The van der Waals surface area contributed by atoms with Crippen LogP contribution >= 0.6 is 0 Å². The summed E-state index contributed by atoms with van der Waals surface area (Å²) in [5, 5.41) is 0. The first-order valence-corrected chi connectivity index (χ1v) is 11.7. The molecular formula is C26H33FN2O3. The first-order chi connectivity index (χ1) is 15.7. The average molecular weight is 441 g/mol. The van der Waals surface area contributed by atoms with Gasteiger partial charge in [-0.15, -0.1) is 0 Å². The second kappa shape index (κ2) is 11.4. The summed E-state index contributed by atoms with van der Waals surface area (Å²) in [5.41, 5.74) is 0.749. The van der Waals surface area contributed by atoms with Gasteiger partial charge in [0, 0.05) is 31.8 Å². The van der Waals surface area contributed by atoms with Crippen LogP contribution in [0.25, 0.3) is 0 Å². The number of nitrogens with zero attached hydrogens (tertiary/aromatic N) is 2. The molecule has 2 saturated heterocycles. The van der Waals surface area contributed by atoms with E-state index in [1.54, 1.807) is 6.07 Å². The minimum absolute atomic E-state index is 0.0122. The molecule has 0 saturated carbocycles. The van der Waals surface area contributed by atoms with Gasteiger partial charge in [-0.2, -0.15) is 0 Å². The summed E-state index contributed by atoms with van der Waals surface area (Å²) in [6.45, 7) is 4.66. The Morgan fingerprint density at radius 1 is 1.03 bits per heavy atom. The highest BCUT2D eigenvalue weighted by Crippen LogP contribution is 2.22. The fourth-order valence-electron chi connectivity index (χ4n) is 4.57. The molecule has 0 radical (unpaired) electrons. The van der Waals surface area contributed by atoms with Crippen LogP contribution in [0.1, 0.15) is 31.2 Å². The van der Waals surface area contributed by atoms with E-state index in [1.165, 1.54) is 6.07 Å². The Kier molecular flexibility index (Phi) is 8.13. The predicted molar refractivity (Wildman–Crippen MR) is 122 cm³/mol. The molecule has 32 heavy (non-hydrogen) atoms. The smallest absolute Gasteiger partial charge is 0.260 e. The van der Waals surface area contributed by atoms with Crippen LogP contribution < -0.4 is 4.74 Å². The van der Waals surface area contributed by atoms with Crippen molar-refractivity contribution in [3.8, 4) is 5.75 Å². The van der Waals surface area contributed by atoms with Gasteiger partial charge in [0.25, 0.3) is 5.91 Å². The number of ether oxygens (including phenoxy) is 2. The fraction of sp³-hybridized carbons (Fsp3) is 0.500. The highest BCUT2D eigenvalue weighted by atomic mass is 19.1. The number of carbonyl (C=O) groups is 1. The highest BCUT2D eigenvalue weighted by Gasteiger charge is 2.27. The van der Waals surface area contributed by atoms with Gasteiger partial charge in [0.05, 0.1) is 6.10 Å². The molecule has 2 aliphatic rings. The van der Waals surface area contributed by atoms with E-state index in [0.717, 1.165) is 57.5 Å². The number of hydrogen-bond acceptors (Lipinski definition) is 4. The number of para-hydroxylation sites is 1. The van der Waals surface area contributed by atoms with Crippen LogP contribution in [0.2, 0.25) is 0 Å². The summed E-state index contributed by atoms with van der Waals surface area (Å²) in [7, 11) is 0. The summed E-state index contributed by atoms with van der Waals surface area (Å²) in [6, 6.07) is 16.5. The minimum Gasteiger partial charge on any atom is -0.484 e. The molecule has 2 aliphatic heterocycles. The molecule has 4 rings (SSSR count). The lowest BCUT2D eigenvalue weighted by molar-refractivity contribution is -0.136. The topological polar surface area (TPSA) is 42.0 Å². The lowest BCUT2D eigenvalue weighted by Crippen LogP contribution is -2.45. The summed E-state index contributed by atoms with van der Waals surface area (Å²) in [5.74, 6) is 1.02. The van der Waals surface area contributed by atoms with E-state index in [-0.39, 0.29) is 24.4 Å². The Morgan fingerprint density at radius 2 is 1.78 bits per heavy atom. The molecule has 1 atom stereocenters. The molecule has 0 spiro atoms. The van der Waals surface area contributed by atoms with Crippen molar-refractivity contribution >= 4 is 5.91 Å². The molecule has 2 heterocycles. The van der Waals surface area contributed by atoms with Gasteiger partial charge in [-0.05, 0) is 62.9 Å². The molecule has 6 heteroatoms. The standard InChI is InChI=1S/C26H33FN2O3/c27-25-11-5-4-7-22(25)18-28-14-12-21(13-15-28)17-29(19-24-10-6-16-31-24)26(30)20-32-23-8-2-1-3-9-23/h1-5,7-9,11,21,24H,6,10,12-20H2/t24-/m1/s1. The van der Waals surface area contributed by atoms with Gasteiger partial charge in [0.2, 0.25) is 0 Å². The molecule has 2 aromatic carbocycles. The normalized spacial score (nSPS) is 19.7. The number of piperidine rings is 1. The number of likely N-dealkylation sites (tertiary alicyclic amines) is 1. The molecule has 0 aliphatic carbocycles. The van der Waals surface area contributed by atoms with Gasteiger partial charge in [-0.1, -0.05) is 36.4 Å². The van der Waals surface area contributed by atoms with E-state index in [4.69, 9.17) is 9.47 Å². The zero-order valence-corrected chi connectivity index (χ0v) is 18.6. The first kappa shape index (κ1) is 22.7. The first-order valence-electron chi connectivity index (χ1n) is 11.7. The lowest BCUT2D eigenvalue weighted by Gasteiger charge is -2.35. The van der Waals surface area contributed by atoms with Gasteiger partial charge < -0.3 is 14.4 Å². The third kappa shape index (κ3) is 6.53. The molecule has 1 amide bonds. The number of hydrogen-bond donors (Lipinski definition) is 0. The van der Waals surface area contributed by atoms with Gasteiger partial charge in [0.15, 0.2) is 6.61 Å². The van der Waals surface area contributed by atoms with Crippen molar-refractivity contribution in [2.24, 2.45) is 5.92 Å². The molecule has 0 N–H and O–H groups in total. The maximum atomic E-state index is 14.0. The second-order valence-electron chi connectivity index (χ2n) is 8.85. The highest BCUT2D eigenvalue weighted by molar-refractivity contribution is 5.77. The van der Waals surface area contributed by atoms with E-state index >= 15 is 0 Å². The Morgan fingerprint density at radius 3 is 2.50 bits per heavy atom. The molecule has 172 valence electrons. The predicted octanol–water partition coefficient (Wildman–Crippen LogP) is 4.12. The Bertz CT molecular complexity index is 849. The molecule has 2 fully saturated rings. The van der Waals surface area contributed by atoms with Crippen molar-refractivity contribution in [1.82, 2.24) is 9.80 Å². The van der Waals surface area contributed by atoms with Crippen LogP contribution in [0.4, 0.5) is 4.39 Å². The van der Waals surface area contributed by atoms with Crippen LogP contribution in [-0.4, -0.2) is 61.2 Å². The fourth-order valence-corrected chi connectivity index (χ4v) is 4.57. The van der Waals surface area contributed by atoms with Crippen LogP contribution in [-0.2, 0) is 16.1 Å². The quantitative estimate of drug-likeness (QED) is 0.588. The third-order valence-corrected chi connectivity index (χ3v) is 6.44. The molecule has 0 bridgehead atoms. The molecule has 2 aromatic rings. The molecule has 0 unspecified atom stereocenters. The van der Waals surface area contributed by atoms with E-state index in [2.05, 4.69) is 4.90 Å². The van der Waals surface area contributed by atoms with Crippen molar-refractivity contribution in [2.45, 2.75) is 38.3 Å². The molecule has 5 nitrogen and oxygen atoms in total. The number of benzene rings is 2. The Labute approximate surface area is 190 Å². The number of amides is 1. The summed E-state index contributed by atoms with van der Waals surface area (Å²) < 4.78 is 25.5. The van der Waals surface area contributed by atoms with Gasteiger partial charge >= 0.3 is 0 Å². The van der Waals surface area contributed by atoms with Crippen LogP contribution in [0.15, 0.2) is 54.6 Å². The summed E-state index contributed by atoms with van der Waals surface area (Å²) in [4.78, 5) is 17.3. The lowest BCUT2D eigenvalue weighted by atomic mass is 9.95. The van der Waals surface area contributed by atoms with Crippen molar-refractivity contribution in [3.05, 3.63) is 66.0 Å². The Hall–Kier alpha value is -2.44. The Balaban J connectivity index is 1.29. The van der Waals surface area contributed by atoms with E-state index in [0.29, 0.717) is 24.8 Å². The number of rotatable bonds is 9. The van der Waals surface area contributed by atoms with E-state index < -0.39 is 0 Å². The monoisotopic (exact) mass is 440 g/mol. The van der Waals surface area contributed by atoms with Gasteiger partial charge in [-0.3, -0.25) is 9.69 Å². The maximum absolute atomic E-state index is 14.0. The zero-order valence-electron chi connectivity index (χ0n) is 18.6. The van der Waals surface area contributed by atoms with E-state index in [1.807, 2.05) is 47.4 Å². The van der Waals surface area contributed by atoms with E-state index in [9.17, 15) is 9.18 Å². The van der Waals surface area contributed by atoms with Crippen molar-refractivity contribution < 1.29 is 18.7 Å². The van der Waals surface area contributed by atoms with Gasteiger partial charge in [0.1, 0.15) is 11.6 Å². The average Bonchev–Trinajstić information content (AvgIpc) is 3.34. The molecule has 0 aromatic heterocycles. The van der Waals surface area contributed by atoms with Gasteiger partial charge in [-0.25, -0.2) is 4.39 Å². The summed E-state index contributed by atoms with van der Waals surface area (Å²) >= 11 is 0. The van der Waals surface area contributed by atoms with Crippen LogP contribution in [0, 0.1) is 11.7 Å². The van der Waals surface area contributed by atoms with Crippen molar-refractivity contribution in [2.75, 3.05) is 39.4 Å².